The van der Waals surface area contributed by atoms with Crippen molar-refractivity contribution in [2.75, 3.05) is 26.3 Å². The predicted octanol–water partition coefficient (Wildman–Crippen LogP) is 4.93. The van der Waals surface area contributed by atoms with Gasteiger partial charge in [-0.1, -0.05) is 31.4 Å². The van der Waals surface area contributed by atoms with Crippen molar-refractivity contribution < 1.29 is 0 Å². The molecular formula is C28H34N4. The van der Waals surface area contributed by atoms with Crippen LogP contribution >= 0.6 is 0 Å². The molecule has 1 unspecified atom stereocenters. The quantitative estimate of drug-likeness (QED) is 0.526. The third-order valence-electron chi connectivity index (χ3n) is 7.76. The first kappa shape index (κ1) is 21.0. The highest BCUT2D eigenvalue weighted by atomic mass is 15.4. The van der Waals surface area contributed by atoms with Gasteiger partial charge in [0.1, 0.15) is 0 Å². The predicted molar refractivity (Wildman–Crippen MR) is 134 cm³/mol. The summed E-state index contributed by atoms with van der Waals surface area (Å²) in [5.41, 5.74) is 17.7. The number of hydrogen-bond acceptors (Lipinski definition) is 3. The highest BCUT2D eigenvalue weighted by Gasteiger charge is 2.30. The van der Waals surface area contributed by atoms with Gasteiger partial charge in [-0.05, 0) is 90.1 Å². The molecule has 0 aromatic heterocycles. The summed E-state index contributed by atoms with van der Waals surface area (Å²) >= 11 is 0. The minimum absolute atomic E-state index is 0.424. The maximum atomic E-state index is 5.46. The number of aliphatic imine (C=N–C) groups is 1. The van der Waals surface area contributed by atoms with Crippen LogP contribution in [-0.2, 0) is 19.3 Å². The molecule has 1 saturated heterocycles. The maximum Gasteiger partial charge on any atom is 0.0860 e. The van der Waals surface area contributed by atoms with Crippen molar-refractivity contribution in [3.8, 4) is 0 Å². The van der Waals surface area contributed by atoms with E-state index < -0.39 is 0 Å². The first-order valence-electron chi connectivity index (χ1n) is 11.9. The summed E-state index contributed by atoms with van der Waals surface area (Å²) in [5.74, 6) is 0.424. The van der Waals surface area contributed by atoms with Crippen molar-refractivity contribution in [3.63, 3.8) is 0 Å². The van der Waals surface area contributed by atoms with Gasteiger partial charge in [0.05, 0.1) is 18.7 Å². The Hall–Kier alpha value is -2.85. The Bertz CT molecular complexity index is 1100. The van der Waals surface area contributed by atoms with Crippen molar-refractivity contribution in [1.82, 2.24) is 9.80 Å². The van der Waals surface area contributed by atoms with Gasteiger partial charge in [-0.2, -0.15) is 0 Å². The molecule has 1 atom stereocenters. The second kappa shape index (κ2) is 8.59. The zero-order valence-corrected chi connectivity index (χ0v) is 19.2. The summed E-state index contributed by atoms with van der Waals surface area (Å²) in [6.45, 7) is 15.3. The van der Waals surface area contributed by atoms with E-state index in [1.165, 1.54) is 51.0 Å². The third-order valence-corrected chi connectivity index (χ3v) is 7.76. The fourth-order valence-electron chi connectivity index (χ4n) is 5.82. The van der Waals surface area contributed by atoms with Gasteiger partial charge in [-0.3, -0.25) is 4.90 Å². The van der Waals surface area contributed by atoms with E-state index in [9.17, 15) is 0 Å². The molecule has 2 aromatic rings. The lowest BCUT2D eigenvalue weighted by molar-refractivity contribution is 0.273. The second-order valence-corrected chi connectivity index (χ2v) is 9.50. The Kier molecular flexibility index (Phi) is 5.64. The summed E-state index contributed by atoms with van der Waals surface area (Å²) < 4.78 is 0. The smallest absolute Gasteiger partial charge is 0.0860 e. The molecule has 0 saturated carbocycles. The van der Waals surface area contributed by atoms with E-state index in [-0.39, 0.29) is 0 Å². The van der Waals surface area contributed by atoms with Gasteiger partial charge >= 0.3 is 0 Å². The minimum Gasteiger partial charge on any atom is -0.390 e. The van der Waals surface area contributed by atoms with Gasteiger partial charge < -0.3 is 10.6 Å². The highest BCUT2D eigenvalue weighted by Crippen LogP contribution is 2.41. The Morgan fingerprint density at radius 1 is 1.19 bits per heavy atom. The molecule has 2 aliphatic carbocycles. The van der Waals surface area contributed by atoms with Gasteiger partial charge in [-0.15, -0.1) is 0 Å². The van der Waals surface area contributed by atoms with Crippen LogP contribution in [0, 0.1) is 6.92 Å². The lowest BCUT2D eigenvalue weighted by Crippen LogP contribution is -2.28. The van der Waals surface area contributed by atoms with Crippen LogP contribution in [0.4, 0.5) is 5.69 Å². The third kappa shape index (κ3) is 3.77. The second-order valence-electron chi connectivity index (χ2n) is 9.50. The topological polar surface area (TPSA) is 44.9 Å². The molecule has 1 fully saturated rings. The van der Waals surface area contributed by atoms with E-state index in [0.717, 1.165) is 64.1 Å². The molecule has 3 aliphatic rings. The SMILES string of the molecule is C=C1CCc2c1ccc(CCN1CCN(C(=C)C3CCc4cc(N=CN)ccc43)C1)c2C. The van der Waals surface area contributed by atoms with Crippen LogP contribution in [0.2, 0.25) is 0 Å². The van der Waals surface area contributed by atoms with Crippen molar-refractivity contribution in [2.45, 2.75) is 44.9 Å². The average Bonchev–Trinajstić information content (AvgIpc) is 3.52. The number of rotatable bonds is 6. The summed E-state index contributed by atoms with van der Waals surface area (Å²) in [6, 6.07) is 11.1. The van der Waals surface area contributed by atoms with E-state index in [1.54, 1.807) is 0 Å². The summed E-state index contributed by atoms with van der Waals surface area (Å²) in [4.78, 5) is 9.29. The van der Waals surface area contributed by atoms with Crippen LogP contribution in [0.25, 0.3) is 5.57 Å². The summed E-state index contributed by atoms with van der Waals surface area (Å²) in [5, 5.41) is 0. The van der Waals surface area contributed by atoms with Crippen LogP contribution < -0.4 is 5.73 Å². The highest BCUT2D eigenvalue weighted by molar-refractivity contribution is 5.72. The van der Waals surface area contributed by atoms with Crippen molar-refractivity contribution in [3.05, 3.63) is 82.6 Å². The molecule has 0 amide bonds. The number of allylic oxidation sites excluding steroid dienone is 2. The molecule has 5 rings (SSSR count). The van der Waals surface area contributed by atoms with Gasteiger partial charge in [-0.25, -0.2) is 4.99 Å². The molecule has 0 bridgehead atoms. The number of nitrogens with zero attached hydrogens (tertiary/aromatic N) is 3. The number of nitrogens with two attached hydrogens (primary N) is 1. The zero-order valence-electron chi connectivity index (χ0n) is 19.2. The maximum absolute atomic E-state index is 5.46. The van der Waals surface area contributed by atoms with Gasteiger partial charge in [0.2, 0.25) is 0 Å². The molecular weight excluding hydrogens is 392 g/mol. The normalized spacial score (nSPS) is 20.3. The standard InChI is InChI=1S/C28H34N4/c1-19-4-8-26-20(2)22(5-9-25(19)26)12-13-31-14-15-32(18-31)21(3)27-10-6-23-16-24(30-17-29)7-11-28(23)27/h5,7,9,11,16-17,27H,1,3-4,6,8,10,12-15,18H2,2H3,(H2,29,30). The van der Waals surface area contributed by atoms with Crippen LogP contribution in [-0.4, -0.2) is 42.4 Å². The van der Waals surface area contributed by atoms with Crippen LogP contribution in [0.15, 0.2) is 54.2 Å². The molecule has 1 heterocycles. The van der Waals surface area contributed by atoms with E-state index in [4.69, 9.17) is 5.73 Å². The van der Waals surface area contributed by atoms with E-state index >= 15 is 0 Å². The molecule has 0 radical (unpaired) electrons. The Labute approximate surface area is 192 Å². The van der Waals surface area contributed by atoms with Crippen molar-refractivity contribution >= 4 is 17.6 Å². The molecule has 0 spiro atoms. The average molecular weight is 427 g/mol. The van der Waals surface area contributed by atoms with Crippen LogP contribution in [0.3, 0.4) is 0 Å². The molecule has 2 N–H and O–H groups in total. The molecule has 4 nitrogen and oxygen atoms in total. The van der Waals surface area contributed by atoms with Gasteiger partial charge in [0.15, 0.2) is 0 Å². The molecule has 4 heteroatoms. The van der Waals surface area contributed by atoms with E-state index in [1.807, 2.05) is 0 Å². The fraction of sp³-hybridized carbons (Fsp3) is 0.393. The van der Waals surface area contributed by atoms with E-state index in [0.29, 0.717) is 5.92 Å². The Morgan fingerprint density at radius 2 is 2.06 bits per heavy atom. The van der Waals surface area contributed by atoms with Crippen molar-refractivity contribution in [1.29, 1.82) is 0 Å². The molecule has 166 valence electrons. The largest absolute Gasteiger partial charge is 0.390 e. The van der Waals surface area contributed by atoms with Crippen LogP contribution in [0.5, 0.6) is 0 Å². The number of aryl methyl sites for hydroxylation is 1. The fourth-order valence-corrected chi connectivity index (χ4v) is 5.82. The van der Waals surface area contributed by atoms with Gasteiger partial charge in [0.25, 0.3) is 0 Å². The first-order chi connectivity index (χ1) is 15.5. The zero-order chi connectivity index (χ0) is 22.2. The molecule has 2 aromatic carbocycles. The first-order valence-corrected chi connectivity index (χ1v) is 11.9. The number of fused-ring (bicyclic) bond motifs is 2. The monoisotopic (exact) mass is 426 g/mol. The summed E-state index contributed by atoms with van der Waals surface area (Å²) in [7, 11) is 0. The molecule has 1 aliphatic heterocycles. The summed E-state index contributed by atoms with van der Waals surface area (Å²) in [6.07, 6.45) is 6.99. The molecule has 32 heavy (non-hydrogen) atoms. The van der Waals surface area contributed by atoms with E-state index in [2.05, 4.69) is 65.2 Å². The van der Waals surface area contributed by atoms with Gasteiger partial charge in [0, 0.05) is 31.2 Å². The number of hydrogen-bond donors (Lipinski definition) is 1. The Morgan fingerprint density at radius 3 is 2.91 bits per heavy atom. The number of benzene rings is 2. The van der Waals surface area contributed by atoms with Crippen LogP contribution in [0.1, 0.15) is 52.1 Å². The van der Waals surface area contributed by atoms with Crippen molar-refractivity contribution in [2.24, 2.45) is 10.7 Å². The lowest BCUT2D eigenvalue weighted by atomic mass is 9.96. The lowest BCUT2D eigenvalue weighted by Gasteiger charge is -2.27. The minimum atomic E-state index is 0.424. The Balaban J connectivity index is 1.20.